The maximum absolute atomic E-state index is 12.1. The third kappa shape index (κ3) is 5.62. The zero-order valence-corrected chi connectivity index (χ0v) is 14.4. The molecule has 0 bridgehead atoms. The smallest absolute Gasteiger partial charge is 0.326 e. The Labute approximate surface area is 143 Å². The van der Waals surface area contributed by atoms with Crippen LogP contribution in [0.5, 0.6) is 0 Å². The lowest BCUT2D eigenvalue weighted by Gasteiger charge is -2.34. The quantitative estimate of drug-likeness (QED) is 0.780. The van der Waals surface area contributed by atoms with Crippen LogP contribution in [0.2, 0.25) is 0 Å². The second kappa shape index (κ2) is 8.80. The van der Waals surface area contributed by atoms with Crippen molar-refractivity contribution in [2.45, 2.75) is 26.4 Å². The van der Waals surface area contributed by atoms with Crippen LogP contribution in [-0.2, 0) is 16.1 Å². The highest BCUT2D eigenvalue weighted by Gasteiger charge is 2.25. The molecule has 1 heterocycles. The van der Waals surface area contributed by atoms with Crippen LogP contribution >= 0.6 is 0 Å². The summed E-state index contributed by atoms with van der Waals surface area (Å²) < 4.78 is 0. The number of rotatable bonds is 7. The van der Waals surface area contributed by atoms with Crippen LogP contribution < -0.4 is 5.32 Å². The molecule has 1 amide bonds. The van der Waals surface area contributed by atoms with Gasteiger partial charge in [0, 0.05) is 32.7 Å². The number of hydrogen-bond donors (Lipinski definition) is 2. The number of nitrogens with zero attached hydrogens (tertiary/aromatic N) is 2. The second-order valence-electron chi connectivity index (χ2n) is 6.67. The molecule has 0 aromatic heterocycles. The van der Waals surface area contributed by atoms with Crippen LogP contribution in [0.4, 0.5) is 0 Å². The maximum Gasteiger partial charge on any atom is 0.326 e. The van der Waals surface area contributed by atoms with Gasteiger partial charge in [-0.25, -0.2) is 4.79 Å². The minimum absolute atomic E-state index is 0.130. The van der Waals surface area contributed by atoms with E-state index in [1.807, 2.05) is 18.2 Å². The van der Waals surface area contributed by atoms with Gasteiger partial charge in [-0.3, -0.25) is 14.6 Å². The Bertz CT molecular complexity index is 540. The molecule has 1 aliphatic heterocycles. The molecule has 1 aliphatic rings. The van der Waals surface area contributed by atoms with E-state index in [4.69, 9.17) is 5.11 Å². The highest BCUT2D eigenvalue weighted by atomic mass is 16.4. The van der Waals surface area contributed by atoms with Gasteiger partial charge in [-0.1, -0.05) is 44.2 Å². The average Bonchev–Trinajstić information content (AvgIpc) is 2.55. The van der Waals surface area contributed by atoms with Gasteiger partial charge in [-0.15, -0.1) is 0 Å². The molecule has 1 saturated heterocycles. The number of hydrogen-bond acceptors (Lipinski definition) is 4. The lowest BCUT2D eigenvalue weighted by molar-refractivity contribution is -0.143. The van der Waals surface area contributed by atoms with E-state index in [0.29, 0.717) is 0 Å². The zero-order valence-electron chi connectivity index (χ0n) is 14.4. The molecule has 0 spiro atoms. The fourth-order valence-corrected chi connectivity index (χ4v) is 2.88. The minimum Gasteiger partial charge on any atom is -0.480 e. The van der Waals surface area contributed by atoms with E-state index in [9.17, 15) is 9.59 Å². The molecule has 2 rings (SSSR count). The third-order valence-corrected chi connectivity index (χ3v) is 4.33. The van der Waals surface area contributed by atoms with E-state index in [2.05, 4.69) is 27.2 Å². The molecule has 0 radical (unpaired) electrons. The first-order valence-corrected chi connectivity index (χ1v) is 8.46. The molecule has 2 N–H and O–H groups in total. The molecule has 24 heavy (non-hydrogen) atoms. The van der Waals surface area contributed by atoms with Crippen molar-refractivity contribution < 1.29 is 14.7 Å². The third-order valence-electron chi connectivity index (χ3n) is 4.33. The first-order valence-electron chi connectivity index (χ1n) is 8.46. The summed E-state index contributed by atoms with van der Waals surface area (Å²) in [5.41, 5.74) is 1.30. The van der Waals surface area contributed by atoms with E-state index >= 15 is 0 Å². The van der Waals surface area contributed by atoms with Crippen LogP contribution in [0.15, 0.2) is 30.3 Å². The Morgan fingerprint density at radius 1 is 1.08 bits per heavy atom. The topological polar surface area (TPSA) is 72.9 Å². The molecule has 1 fully saturated rings. The number of carboxylic acids is 1. The van der Waals surface area contributed by atoms with Crippen molar-refractivity contribution >= 4 is 11.9 Å². The monoisotopic (exact) mass is 333 g/mol. The van der Waals surface area contributed by atoms with Crippen molar-refractivity contribution in [3.8, 4) is 0 Å². The molecular weight excluding hydrogens is 306 g/mol. The van der Waals surface area contributed by atoms with Crippen molar-refractivity contribution in [1.29, 1.82) is 0 Å². The molecule has 1 aromatic rings. The zero-order chi connectivity index (χ0) is 17.5. The standard InChI is InChI=1S/C18H27N3O3/c1-14(2)17(18(23)24)19-16(22)13-21-10-8-20(9-11-21)12-15-6-4-3-5-7-15/h3-7,14,17H,8-13H2,1-2H3,(H,19,22)(H,23,24)/t17-/m0/s1. The van der Waals surface area contributed by atoms with Gasteiger partial charge in [0.15, 0.2) is 0 Å². The molecule has 0 aliphatic carbocycles. The van der Waals surface area contributed by atoms with Crippen molar-refractivity contribution in [1.82, 2.24) is 15.1 Å². The van der Waals surface area contributed by atoms with Crippen molar-refractivity contribution in [3.63, 3.8) is 0 Å². The molecule has 0 unspecified atom stereocenters. The summed E-state index contributed by atoms with van der Waals surface area (Å²) in [7, 11) is 0. The van der Waals surface area contributed by atoms with E-state index in [1.165, 1.54) is 5.56 Å². The largest absolute Gasteiger partial charge is 0.480 e. The predicted molar refractivity (Wildman–Crippen MR) is 92.6 cm³/mol. The Kier molecular flexibility index (Phi) is 6.75. The van der Waals surface area contributed by atoms with Gasteiger partial charge in [0.05, 0.1) is 6.54 Å². The lowest BCUT2D eigenvalue weighted by atomic mass is 10.0. The van der Waals surface area contributed by atoms with Crippen LogP contribution in [0.25, 0.3) is 0 Å². The Hall–Kier alpha value is -1.92. The van der Waals surface area contributed by atoms with E-state index in [1.54, 1.807) is 13.8 Å². The molecule has 1 atom stereocenters. The minimum atomic E-state index is -0.981. The van der Waals surface area contributed by atoms with Gasteiger partial charge in [0.1, 0.15) is 6.04 Å². The van der Waals surface area contributed by atoms with E-state index < -0.39 is 12.0 Å². The van der Waals surface area contributed by atoms with Crippen LogP contribution in [0.1, 0.15) is 19.4 Å². The SMILES string of the molecule is CC(C)[C@H](NC(=O)CN1CCN(Cc2ccccc2)CC1)C(=O)O. The van der Waals surface area contributed by atoms with Crippen molar-refractivity contribution in [3.05, 3.63) is 35.9 Å². The Morgan fingerprint density at radius 3 is 2.21 bits per heavy atom. The van der Waals surface area contributed by atoms with E-state index in [0.717, 1.165) is 32.7 Å². The number of carbonyl (C=O) groups is 2. The van der Waals surface area contributed by atoms with Crippen LogP contribution in [0.3, 0.4) is 0 Å². The number of carboxylic acid groups (broad SMARTS) is 1. The molecule has 132 valence electrons. The fraction of sp³-hybridized carbons (Fsp3) is 0.556. The average molecular weight is 333 g/mol. The number of aliphatic carboxylic acids is 1. The summed E-state index contributed by atoms with van der Waals surface area (Å²) in [5.74, 6) is -1.33. The summed E-state index contributed by atoms with van der Waals surface area (Å²) >= 11 is 0. The summed E-state index contributed by atoms with van der Waals surface area (Å²) in [4.78, 5) is 27.7. The summed E-state index contributed by atoms with van der Waals surface area (Å²) in [6.07, 6.45) is 0. The highest BCUT2D eigenvalue weighted by molar-refractivity contribution is 5.84. The molecular formula is C18H27N3O3. The Morgan fingerprint density at radius 2 is 1.67 bits per heavy atom. The summed E-state index contributed by atoms with van der Waals surface area (Å²) in [6, 6.07) is 9.53. The first-order chi connectivity index (χ1) is 11.5. The predicted octanol–water partition coefficient (Wildman–Crippen LogP) is 1.03. The van der Waals surface area contributed by atoms with Crippen molar-refractivity contribution in [2.24, 2.45) is 5.92 Å². The second-order valence-corrected chi connectivity index (χ2v) is 6.67. The van der Waals surface area contributed by atoms with Crippen LogP contribution in [0, 0.1) is 5.92 Å². The van der Waals surface area contributed by atoms with Gasteiger partial charge >= 0.3 is 5.97 Å². The molecule has 6 heteroatoms. The molecule has 1 aromatic carbocycles. The van der Waals surface area contributed by atoms with Gasteiger partial charge in [-0.05, 0) is 11.5 Å². The van der Waals surface area contributed by atoms with E-state index in [-0.39, 0.29) is 18.4 Å². The highest BCUT2D eigenvalue weighted by Crippen LogP contribution is 2.08. The first kappa shape index (κ1) is 18.4. The number of piperazine rings is 1. The van der Waals surface area contributed by atoms with Gasteiger partial charge in [-0.2, -0.15) is 0 Å². The number of amides is 1. The number of nitrogens with one attached hydrogen (secondary N) is 1. The fourth-order valence-electron chi connectivity index (χ4n) is 2.88. The lowest BCUT2D eigenvalue weighted by Crippen LogP contribution is -2.52. The number of carbonyl (C=O) groups excluding carboxylic acids is 1. The number of benzene rings is 1. The molecule has 6 nitrogen and oxygen atoms in total. The maximum atomic E-state index is 12.1. The normalized spacial score (nSPS) is 17.6. The van der Waals surface area contributed by atoms with Crippen LogP contribution in [-0.4, -0.2) is 65.5 Å². The van der Waals surface area contributed by atoms with Crippen molar-refractivity contribution in [2.75, 3.05) is 32.7 Å². The van der Waals surface area contributed by atoms with Gasteiger partial charge < -0.3 is 10.4 Å². The summed E-state index contributed by atoms with van der Waals surface area (Å²) in [6.45, 7) is 8.23. The molecule has 0 saturated carbocycles. The van der Waals surface area contributed by atoms with Gasteiger partial charge in [0.2, 0.25) is 5.91 Å². The van der Waals surface area contributed by atoms with Gasteiger partial charge in [0.25, 0.3) is 0 Å². The summed E-state index contributed by atoms with van der Waals surface area (Å²) in [5, 5.41) is 11.8. The Balaban J connectivity index is 1.74.